The molecule has 146 valence electrons. The average molecular weight is 380 g/mol. The van der Waals surface area contributed by atoms with E-state index in [4.69, 9.17) is 0 Å². The van der Waals surface area contributed by atoms with Crippen LogP contribution in [0, 0.1) is 11.7 Å². The van der Waals surface area contributed by atoms with Crippen molar-refractivity contribution in [3.05, 3.63) is 60.2 Å². The first kappa shape index (κ1) is 18.6. The van der Waals surface area contributed by atoms with Gasteiger partial charge in [0, 0.05) is 12.1 Å². The number of hydrogen-bond acceptors (Lipinski definition) is 3. The molecule has 1 amide bonds. The van der Waals surface area contributed by atoms with Crippen LogP contribution in [0.5, 0.6) is 0 Å². The zero-order chi connectivity index (χ0) is 19.3. The smallest absolute Gasteiger partial charge is 0.224 e. The molecular formula is C22H25FN4O. The summed E-state index contributed by atoms with van der Waals surface area (Å²) in [6, 6.07) is 14.2. The van der Waals surface area contributed by atoms with Gasteiger partial charge < -0.3 is 10.3 Å². The second-order valence-corrected chi connectivity index (χ2v) is 7.52. The Morgan fingerprint density at radius 2 is 1.96 bits per heavy atom. The Morgan fingerprint density at radius 3 is 2.75 bits per heavy atom. The molecule has 0 atom stereocenters. The standard InChI is InChI=1S/C22H25FN4O/c23-17-7-8-19-20(14-17)26-21(25-19)15-27-12-10-16(11-13-27)6-9-22(28)24-18-4-2-1-3-5-18/h1-5,7-8,14,16H,6,9-13,15H2,(H,24,28)(H,25,26). The van der Waals surface area contributed by atoms with E-state index in [0.717, 1.165) is 61.4 Å². The molecule has 6 heteroatoms. The fraction of sp³-hybridized carbons (Fsp3) is 0.364. The van der Waals surface area contributed by atoms with Crippen LogP contribution in [0.25, 0.3) is 11.0 Å². The minimum absolute atomic E-state index is 0.0862. The molecule has 1 aliphatic rings. The summed E-state index contributed by atoms with van der Waals surface area (Å²) < 4.78 is 13.3. The second-order valence-electron chi connectivity index (χ2n) is 7.52. The third-order valence-electron chi connectivity index (χ3n) is 5.41. The highest BCUT2D eigenvalue weighted by Gasteiger charge is 2.21. The van der Waals surface area contributed by atoms with Crippen molar-refractivity contribution in [1.82, 2.24) is 14.9 Å². The Labute approximate surface area is 164 Å². The number of imidazole rings is 1. The molecule has 4 rings (SSSR count). The van der Waals surface area contributed by atoms with Gasteiger partial charge in [-0.15, -0.1) is 0 Å². The minimum Gasteiger partial charge on any atom is -0.341 e. The van der Waals surface area contributed by atoms with Gasteiger partial charge in [0.15, 0.2) is 0 Å². The van der Waals surface area contributed by atoms with Gasteiger partial charge in [0.1, 0.15) is 11.6 Å². The molecule has 5 nitrogen and oxygen atoms in total. The quantitative estimate of drug-likeness (QED) is 0.669. The first-order valence-corrected chi connectivity index (χ1v) is 9.87. The maximum absolute atomic E-state index is 13.3. The van der Waals surface area contributed by atoms with Crippen LogP contribution in [0.2, 0.25) is 0 Å². The molecule has 0 bridgehead atoms. The number of halogens is 1. The number of para-hydroxylation sites is 1. The SMILES string of the molecule is O=C(CCC1CCN(Cc2nc3ccc(F)cc3[nH]2)CC1)Nc1ccccc1. The Bertz CT molecular complexity index is 932. The molecule has 1 aromatic heterocycles. The second kappa shape index (κ2) is 8.52. The highest BCUT2D eigenvalue weighted by molar-refractivity contribution is 5.90. The summed E-state index contributed by atoms with van der Waals surface area (Å²) >= 11 is 0. The van der Waals surface area contributed by atoms with Gasteiger partial charge in [-0.25, -0.2) is 9.37 Å². The van der Waals surface area contributed by atoms with Crippen LogP contribution in [0.1, 0.15) is 31.5 Å². The molecule has 0 radical (unpaired) electrons. The van der Waals surface area contributed by atoms with Crippen LogP contribution >= 0.6 is 0 Å². The topological polar surface area (TPSA) is 61.0 Å². The normalized spacial score (nSPS) is 15.8. The molecule has 2 aromatic carbocycles. The van der Waals surface area contributed by atoms with E-state index < -0.39 is 0 Å². The van der Waals surface area contributed by atoms with Crippen molar-refractivity contribution in [3.63, 3.8) is 0 Å². The number of piperidine rings is 1. The first-order valence-electron chi connectivity index (χ1n) is 9.87. The molecular weight excluding hydrogens is 355 g/mol. The summed E-state index contributed by atoms with van der Waals surface area (Å²) in [5.74, 6) is 1.30. The Morgan fingerprint density at radius 1 is 1.18 bits per heavy atom. The lowest BCUT2D eigenvalue weighted by molar-refractivity contribution is -0.116. The molecule has 0 spiro atoms. The van der Waals surface area contributed by atoms with Crippen molar-refractivity contribution >= 4 is 22.6 Å². The zero-order valence-electron chi connectivity index (χ0n) is 15.8. The van der Waals surface area contributed by atoms with E-state index in [-0.39, 0.29) is 11.7 Å². The van der Waals surface area contributed by atoms with E-state index in [1.165, 1.54) is 12.1 Å². The molecule has 0 aliphatic carbocycles. The lowest BCUT2D eigenvalue weighted by Crippen LogP contribution is -2.33. The van der Waals surface area contributed by atoms with E-state index in [0.29, 0.717) is 12.3 Å². The largest absolute Gasteiger partial charge is 0.341 e. The number of carbonyl (C=O) groups excluding carboxylic acids is 1. The maximum Gasteiger partial charge on any atom is 0.224 e. The maximum atomic E-state index is 13.3. The summed E-state index contributed by atoms with van der Waals surface area (Å²) in [7, 11) is 0. The number of aromatic amines is 1. The molecule has 1 aliphatic heterocycles. The van der Waals surface area contributed by atoms with Crippen molar-refractivity contribution in [1.29, 1.82) is 0 Å². The molecule has 2 heterocycles. The number of nitrogens with zero attached hydrogens (tertiary/aromatic N) is 2. The lowest BCUT2D eigenvalue weighted by Gasteiger charge is -2.31. The van der Waals surface area contributed by atoms with Gasteiger partial charge in [-0.2, -0.15) is 0 Å². The summed E-state index contributed by atoms with van der Waals surface area (Å²) in [6.07, 6.45) is 3.67. The van der Waals surface area contributed by atoms with Gasteiger partial charge in [0.05, 0.1) is 17.6 Å². The number of rotatable bonds is 6. The molecule has 0 unspecified atom stereocenters. The van der Waals surface area contributed by atoms with Crippen molar-refractivity contribution in [2.45, 2.75) is 32.2 Å². The minimum atomic E-state index is -0.250. The summed E-state index contributed by atoms with van der Waals surface area (Å²) in [4.78, 5) is 22.2. The number of benzene rings is 2. The van der Waals surface area contributed by atoms with E-state index in [2.05, 4.69) is 20.2 Å². The number of fused-ring (bicyclic) bond motifs is 1. The number of amides is 1. The Hall–Kier alpha value is -2.73. The summed E-state index contributed by atoms with van der Waals surface area (Å²) in [6.45, 7) is 2.74. The third-order valence-corrected chi connectivity index (χ3v) is 5.41. The number of H-pyrrole nitrogens is 1. The van der Waals surface area contributed by atoms with E-state index in [1.807, 2.05) is 30.3 Å². The number of anilines is 1. The van der Waals surface area contributed by atoms with Gasteiger partial charge in [-0.05, 0) is 68.6 Å². The van der Waals surface area contributed by atoms with Gasteiger partial charge >= 0.3 is 0 Å². The molecule has 2 N–H and O–H groups in total. The fourth-order valence-corrected chi connectivity index (χ4v) is 3.83. The van der Waals surface area contributed by atoms with Gasteiger partial charge in [0.25, 0.3) is 0 Å². The monoisotopic (exact) mass is 380 g/mol. The third kappa shape index (κ3) is 4.75. The van der Waals surface area contributed by atoms with Crippen molar-refractivity contribution < 1.29 is 9.18 Å². The predicted octanol–water partition coefficient (Wildman–Crippen LogP) is 4.33. The lowest BCUT2D eigenvalue weighted by atomic mass is 9.92. The predicted molar refractivity (Wildman–Crippen MR) is 108 cm³/mol. The van der Waals surface area contributed by atoms with Crippen LogP contribution in [0.3, 0.4) is 0 Å². The van der Waals surface area contributed by atoms with Crippen LogP contribution in [0.15, 0.2) is 48.5 Å². The summed E-state index contributed by atoms with van der Waals surface area (Å²) in [5, 5.41) is 2.95. The Balaban J connectivity index is 1.21. The van der Waals surface area contributed by atoms with Crippen LogP contribution in [-0.2, 0) is 11.3 Å². The van der Waals surface area contributed by atoms with Gasteiger partial charge in [0.2, 0.25) is 5.91 Å². The zero-order valence-corrected chi connectivity index (χ0v) is 15.8. The van der Waals surface area contributed by atoms with Crippen LogP contribution in [0.4, 0.5) is 10.1 Å². The summed E-state index contributed by atoms with van der Waals surface area (Å²) in [5.41, 5.74) is 2.40. The molecule has 0 saturated carbocycles. The van der Waals surface area contributed by atoms with Crippen molar-refractivity contribution in [2.75, 3.05) is 18.4 Å². The number of aromatic nitrogens is 2. The van der Waals surface area contributed by atoms with Gasteiger partial charge in [-0.3, -0.25) is 9.69 Å². The molecule has 1 saturated heterocycles. The van der Waals surface area contributed by atoms with E-state index >= 15 is 0 Å². The average Bonchev–Trinajstić information content (AvgIpc) is 3.09. The van der Waals surface area contributed by atoms with Gasteiger partial charge in [-0.1, -0.05) is 18.2 Å². The number of carbonyl (C=O) groups is 1. The molecule has 3 aromatic rings. The highest BCUT2D eigenvalue weighted by Crippen LogP contribution is 2.23. The number of nitrogens with one attached hydrogen (secondary N) is 2. The molecule has 28 heavy (non-hydrogen) atoms. The fourth-order valence-electron chi connectivity index (χ4n) is 3.83. The highest BCUT2D eigenvalue weighted by atomic mass is 19.1. The number of hydrogen-bond donors (Lipinski definition) is 2. The molecule has 1 fully saturated rings. The van der Waals surface area contributed by atoms with Crippen LogP contribution in [-0.4, -0.2) is 33.9 Å². The number of likely N-dealkylation sites (tertiary alicyclic amines) is 1. The van der Waals surface area contributed by atoms with Crippen molar-refractivity contribution in [3.8, 4) is 0 Å². The van der Waals surface area contributed by atoms with E-state index in [9.17, 15) is 9.18 Å². The van der Waals surface area contributed by atoms with Crippen LogP contribution < -0.4 is 5.32 Å². The first-order chi connectivity index (χ1) is 13.7. The van der Waals surface area contributed by atoms with Crippen molar-refractivity contribution in [2.24, 2.45) is 5.92 Å². The Kier molecular flexibility index (Phi) is 5.67. The van der Waals surface area contributed by atoms with E-state index in [1.54, 1.807) is 6.07 Å².